The number of anilines is 5. The van der Waals surface area contributed by atoms with Crippen LogP contribution >= 0.6 is 0 Å². The first-order chi connectivity index (χ1) is 19.4. The van der Waals surface area contributed by atoms with Gasteiger partial charge in [0.2, 0.25) is 11.9 Å². The number of likely N-dealkylation sites (N-methyl/N-ethyl adjacent to an activating group) is 1. The number of piperidine rings is 1. The second kappa shape index (κ2) is 12.1. The van der Waals surface area contributed by atoms with E-state index in [4.69, 9.17) is 9.72 Å². The lowest BCUT2D eigenvalue weighted by molar-refractivity contribution is -0.120. The Labute approximate surface area is 237 Å². The standard InChI is InChI=1S/C31H41N7O2/c1-6-26-30(39)36(4)27-19-32-31(35-29(27)38(26)21(2)3)34-25-13-12-24(18-28(25)40-5)33-23-14-16-37(17-15-23)20-22-10-8-7-9-11-22/h7-13,18-19,21,23,26,33H,6,14-17,20H2,1-5H3,(H,32,34,35)/t26-/m1/s1. The summed E-state index contributed by atoms with van der Waals surface area (Å²) >= 11 is 0. The lowest BCUT2D eigenvalue weighted by Crippen LogP contribution is -2.54. The Bertz CT molecular complexity index is 1310. The molecule has 1 saturated heterocycles. The zero-order valence-electron chi connectivity index (χ0n) is 24.2. The highest BCUT2D eigenvalue weighted by atomic mass is 16.5. The number of hydrogen-bond acceptors (Lipinski definition) is 8. The predicted octanol–water partition coefficient (Wildman–Crippen LogP) is 5.28. The van der Waals surface area contributed by atoms with Gasteiger partial charge in [-0.25, -0.2) is 4.98 Å². The van der Waals surface area contributed by atoms with Gasteiger partial charge in [0, 0.05) is 50.5 Å². The quantitative estimate of drug-likeness (QED) is 0.377. The molecule has 5 rings (SSSR count). The number of aromatic nitrogens is 2. The van der Waals surface area contributed by atoms with Crippen molar-refractivity contribution in [1.82, 2.24) is 14.9 Å². The molecule has 1 fully saturated rings. The van der Waals surface area contributed by atoms with Crippen molar-refractivity contribution in [3.05, 3.63) is 60.3 Å². The first-order valence-electron chi connectivity index (χ1n) is 14.3. The summed E-state index contributed by atoms with van der Waals surface area (Å²) in [6.07, 6.45) is 4.62. The van der Waals surface area contributed by atoms with Crippen LogP contribution < -0.4 is 25.2 Å². The van der Waals surface area contributed by atoms with E-state index in [1.54, 1.807) is 25.3 Å². The summed E-state index contributed by atoms with van der Waals surface area (Å²) in [4.78, 5) is 28.6. The average Bonchev–Trinajstić information content (AvgIpc) is 2.97. The SMILES string of the molecule is CC[C@@H]1C(=O)N(C)c2cnc(Nc3ccc(NC4CCN(Cc5ccccc5)CC4)cc3OC)nc2N1C(C)C. The van der Waals surface area contributed by atoms with E-state index in [2.05, 4.69) is 75.7 Å². The van der Waals surface area contributed by atoms with Crippen molar-refractivity contribution in [3.8, 4) is 5.75 Å². The fraction of sp³-hybridized carbons (Fsp3) is 0.452. The van der Waals surface area contributed by atoms with Crippen LogP contribution in [0, 0.1) is 0 Å². The van der Waals surface area contributed by atoms with Crippen molar-refractivity contribution >= 4 is 34.7 Å². The Morgan fingerprint density at radius 2 is 1.85 bits per heavy atom. The molecule has 0 radical (unpaired) electrons. The molecule has 0 unspecified atom stereocenters. The Hall–Kier alpha value is -3.85. The molecule has 1 aromatic heterocycles. The van der Waals surface area contributed by atoms with E-state index < -0.39 is 0 Å². The van der Waals surface area contributed by atoms with Crippen LogP contribution in [0.4, 0.5) is 28.8 Å². The summed E-state index contributed by atoms with van der Waals surface area (Å²) in [6.45, 7) is 9.36. The van der Waals surface area contributed by atoms with Crippen LogP contribution in [0.25, 0.3) is 0 Å². The summed E-state index contributed by atoms with van der Waals surface area (Å²) in [6, 6.07) is 17.1. The number of methoxy groups -OCH3 is 1. The van der Waals surface area contributed by atoms with Gasteiger partial charge in [0.1, 0.15) is 17.5 Å². The summed E-state index contributed by atoms with van der Waals surface area (Å²) in [7, 11) is 3.47. The fourth-order valence-corrected chi connectivity index (χ4v) is 5.76. The number of carbonyl (C=O) groups excluding carboxylic acids is 1. The summed E-state index contributed by atoms with van der Waals surface area (Å²) < 4.78 is 5.74. The normalized spacial score (nSPS) is 18.1. The number of amides is 1. The molecule has 1 amide bonds. The van der Waals surface area contributed by atoms with E-state index >= 15 is 0 Å². The molecule has 2 aliphatic heterocycles. The van der Waals surface area contributed by atoms with E-state index in [1.165, 1.54) is 5.56 Å². The molecular formula is C31H41N7O2. The van der Waals surface area contributed by atoms with Gasteiger partial charge < -0.3 is 25.2 Å². The number of rotatable bonds is 9. The van der Waals surface area contributed by atoms with Crippen molar-refractivity contribution < 1.29 is 9.53 Å². The average molecular weight is 544 g/mol. The molecule has 2 aliphatic rings. The molecule has 0 bridgehead atoms. The second-order valence-corrected chi connectivity index (χ2v) is 10.9. The highest BCUT2D eigenvalue weighted by Gasteiger charge is 2.38. The zero-order valence-corrected chi connectivity index (χ0v) is 24.2. The van der Waals surface area contributed by atoms with Crippen molar-refractivity contribution in [2.45, 2.75) is 64.7 Å². The Balaban J connectivity index is 1.26. The molecular weight excluding hydrogens is 502 g/mol. The highest BCUT2D eigenvalue weighted by Crippen LogP contribution is 2.37. The number of ether oxygens (including phenoxy) is 1. The van der Waals surface area contributed by atoms with E-state index in [9.17, 15) is 4.79 Å². The van der Waals surface area contributed by atoms with Crippen LogP contribution in [0.5, 0.6) is 5.75 Å². The molecule has 0 saturated carbocycles. The van der Waals surface area contributed by atoms with E-state index in [0.717, 1.165) is 55.4 Å². The van der Waals surface area contributed by atoms with Gasteiger partial charge >= 0.3 is 0 Å². The maximum Gasteiger partial charge on any atom is 0.249 e. The lowest BCUT2D eigenvalue weighted by Gasteiger charge is -2.42. The molecule has 3 aromatic rings. The number of hydrogen-bond donors (Lipinski definition) is 2. The van der Waals surface area contributed by atoms with Gasteiger partial charge in [0.05, 0.1) is 19.0 Å². The molecule has 40 heavy (non-hydrogen) atoms. The van der Waals surface area contributed by atoms with Crippen LogP contribution in [0.3, 0.4) is 0 Å². The largest absolute Gasteiger partial charge is 0.494 e. The second-order valence-electron chi connectivity index (χ2n) is 10.9. The fourth-order valence-electron chi connectivity index (χ4n) is 5.76. The molecule has 212 valence electrons. The summed E-state index contributed by atoms with van der Waals surface area (Å²) in [5.41, 5.74) is 3.91. The monoisotopic (exact) mass is 543 g/mol. The summed E-state index contributed by atoms with van der Waals surface area (Å²) in [5, 5.41) is 7.04. The van der Waals surface area contributed by atoms with Crippen LogP contribution in [0.2, 0.25) is 0 Å². The van der Waals surface area contributed by atoms with Crippen molar-refractivity contribution in [1.29, 1.82) is 0 Å². The van der Waals surface area contributed by atoms with Crippen LogP contribution in [0.1, 0.15) is 45.6 Å². The molecule has 9 heteroatoms. The van der Waals surface area contributed by atoms with E-state index in [-0.39, 0.29) is 18.0 Å². The van der Waals surface area contributed by atoms with Gasteiger partial charge in [-0.2, -0.15) is 4.98 Å². The smallest absolute Gasteiger partial charge is 0.249 e. The van der Waals surface area contributed by atoms with Crippen LogP contribution in [0.15, 0.2) is 54.7 Å². The van der Waals surface area contributed by atoms with Gasteiger partial charge in [-0.3, -0.25) is 9.69 Å². The Kier molecular flexibility index (Phi) is 8.40. The number of benzene rings is 2. The third-order valence-corrected chi connectivity index (χ3v) is 7.91. The Morgan fingerprint density at radius 1 is 1.10 bits per heavy atom. The molecule has 2 aromatic carbocycles. The van der Waals surface area contributed by atoms with Crippen LogP contribution in [-0.2, 0) is 11.3 Å². The maximum absolute atomic E-state index is 12.9. The molecule has 2 N–H and O–H groups in total. The third kappa shape index (κ3) is 5.84. The van der Waals surface area contributed by atoms with Gasteiger partial charge in [-0.15, -0.1) is 0 Å². The minimum absolute atomic E-state index is 0.0691. The van der Waals surface area contributed by atoms with Crippen LogP contribution in [-0.4, -0.2) is 66.1 Å². The van der Waals surface area contributed by atoms with Gasteiger partial charge in [0.15, 0.2) is 5.82 Å². The molecule has 9 nitrogen and oxygen atoms in total. The van der Waals surface area contributed by atoms with E-state index in [1.807, 2.05) is 19.1 Å². The van der Waals surface area contributed by atoms with Gasteiger partial charge in [0.25, 0.3) is 0 Å². The highest BCUT2D eigenvalue weighted by molar-refractivity contribution is 6.04. The van der Waals surface area contributed by atoms with Gasteiger partial charge in [-0.05, 0) is 50.8 Å². The first kappa shape index (κ1) is 27.7. The number of fused-ring (bicyclic) bond motifs is 1. The minimum atomic E-state index is -0.245. The first-order valence-corrected chi connectivity index (χ1v) is 14.3. The van der Waals surface area contributed by atoms with Crippen molar-refractivity contribution in [3.63, 3.8) is 0 Å². The molecule has 1 atom stereocenters. The summed E-state index contributed by atoms with van der Waals surface area (Å²) in [5.74, 6) is 2.01. The Morgan fingerprint density at radius 3 is 2.52 bits per heavy atom. The molecule has 0 spiro atoms. The van der Waals surface area contributed by atoms with Crippen molar-refractivity contribution in [2.24, 2.45) is 0 Å². The zero-order chi connectivity index (χ0) is 28.2. The van der Waals surface area contributed by atoms with Gasteiger partial charge in [-0.1, -0.05) is 37.3 Å². The lowest BCUT2D eigenvalue weighted by atomic mass is 10.0. The number of likely N-dealkylation sites (tertiary alicyclic amines) is 1. The van der Waals surface area contributed by atoms with Crippen molar-refractivity contribution in [2.75, 3.05) is 47.7 Å². The number of nitrogens with one attached hydrogen (secondary N) is 2. The number of carbonyl (C=O) groups is 1. The topological polar surface area (TPSA) is 85.9 Å². The van der Waals surface area contributed by atoms with E-state index in [0.29, 0.717) is 24.2 Å². The maximum atomic E-state index is 12.9. The predicted molar refractivity (Wildman–Crippen MR) is 162 cm³/mol. The molecule has 0 aliphatic carbocycles. The number of nitrogens with zero attached hydrogens (tertiary/aromatic N) is 5. The minimum Gasteiger partial charge on any atom is -0.494 e. The molecule has 3 heterocycles. The third-order valence-electron chi connectivity index (χ3n) is 7.91.